The van der Waals surface area contributed by atoms with Crippen LogP contribution in [0.15, 0.2) is 59.1 Å². The van der Waals surface area contributed by atoms with Crippen LogP contribution in [0.25, 0.3) is 11.3 Å². The van der Waals surface area contributed by atoms with E-state index in [0.717, 1.165) is 11.3 Å². The van der Waals surface area contributed by atoms with Crippen LogP contribution in [0.4, 0.5) is 5.69 Å². The number of nitrogens with one attached hydrogen (secondary N) is 1. The predicted molar refractivity (Wildman–Crippen MR) is 92.8 cm³/mol. The lowest BCUT2D eigenvalue weighted by molar-refractivity contribution is -0.384. The second-order valence-corrected chi connectivity index (χ2v) is 5.40. The fourth-order valence-electron chi connectivity index (χ4n) is 2.32. The smallest absolute Gasteiger partial charge is 0.270 e. The van der Waals surface area contributed by atoms with E-state index in [2.05, 4.69) is 10.5 Å². The minimum Gasteiger partial charge on any atom is -0.497 e. The molecular weight excluding hydrogens is 338 g/mol. The zero-order chi connectivity index (χ0) is 18.5. The van der Waals surface area contributed by atoms with Gasteiger partial charge in [0.2, 0.25) is 0 Å². The molecule has 0 fully saturated rings. The Morgan fingerprint density at radius 1 is 1.23 bits per heavy atom. The van der Waals surface area contributed by atoms with Crippen molar-refractivity contribution in [3.05, 3.63) is 76.0 Å². The topological polar surface area (TPSA) is 108 Å². The van der Waals surface area contributed by atoms with Gasteiger partial charge in [0.05, 0.1) is 18.6 Å². The molecule has 0 radical (unpaired) electrons. The van der Waals surface area contributed by atoms with E-state index >= 15 is 0 Å². The van der Waals surface area contributed by atoms with Crippen molar-refractivity contribution in [3.63, 3.8) is 0 Å². The molecule has 0 bridgehead atoms. The van der Waals surface area contributed by atoms with Gasteiger partial charge in [0, 0.05) is 29.3 Å². The number of non-ortho nitro benzene ring substituents is 1. The Morgan fingerprint density at radius 3 is 2.69 bits per heavy atom. The van der Waals surface area contributed by atoms with Gasteiger partial charge < -0.3 is 14.6 Å². The predicted octanol–water partition coefficient (Wildman–Crippen LogP) is 3.19. The molecule has 0 aliphatic carbocycles. The molecule has 8 heteroatoms. The number of amides is 1. The van der Waals surface area contributed by atoms with E-state index < -0.39 is 10.8 Å². The maximum Gasteiger partial charge on any atom is 0.270 e. The second-order valence-electron chi connectivity index (χ2n) is 5.40. The molecule has 1 amide bonds. The van der Waals surface area contributed by atoms with Crippen LogP contribution in [-0.4, -0.2) is 23.1 Å². The fourth-order valence-corrected chi connectivity index (χ4v) is 2.32. The molecule has 0 saturated carbocycles. The van der Waals surface area contributed by atoms with Gasteiger partial charge in [0.15, 0.2) is 5.76 Å². The van der Waals surface area contributed by atoms with Crippen LogP contribution in [0.2, 0.25) is 0 Å². The lowest BCUT2D eigenvalue weighted by Gasteiger charge is -2.02. The van der Waals surface area contributed by atoms with Gasteiger partial charge in [-0.3, -0.25) is 14.9 Å². The van der Waals surface area contributed by atoms with E-state index in [1.54, 1.807) is 13.2 Å². The summed E-state index contributed by atoms with van der Waals surface area (Å²) in [6.45, 7) is 0.140. The third kappa shape index (κ3) is 3.86. The SMILES string of the molecule is COc1ccc(-c2cc(CNC(=O)c3cccc([N+](=O)[O-])c3)no2)cc1. The minimum absolute atomic E-state index is 0.138. The van der Waals surface area contributed by atoms with E-state index in [0.29, 0.717) is 11.5 Å². The van der Waals surface area contributed by atoms with E-state index in [4.69, 9.17) is 9.26 Å². The van der Waals surface area contributed by atoms with Crippen molar-refractivity contribution in [1.82, 2.24) is 10.5 Å². The van der Waals surface area contributed by atoms with Gasteiger partial charge >= 0.3 is 0 Å². The first kappa shape index (κ1) is 17.2. The van der Waals surface area contributed by atoms with Gasteiger partial charge in [0.25, 0.3) is 11.6 Å². The number of nitro benzene ring substituents is 1. The number of aromatic nitrogens is 1. The number of hydrogen-bond donors (Lipinski definition) is 1. The Balaban J connectivity index is 1.65. The number of benzene rings is 2. The highest BCUT2D eigenvalue weighted by molar-refractivity contribution is 5.94. The van der Waals surface area contributed by atoms with E-state index in [9.17, 15) is 14.9 Å². The largest absolute Gasteiger partial charge is 0.497 e. The average molecular weight is 353 g/mol. The first-order chi connectivity index (χ1) is 12.6. The number of carbonyl (C=O) groups is 1. The molecule has 0 atom stereocenters. The summed E-state index contributed by atoms with van der Waals surface area (Å²) in [5, 5.41) is 17.4. The van der Waals surface area contributed by atoms with Gasteiger partial charge in [-0.25, -0.2) is 0 Å². The molecule has 3 aromatic rings. The summed E-state index contributed by atoms with van der Waals surface area (Å²) in [6, 6.07) is 14.5. The average Bonchev–Trinajstić information content (AvgIpc) is 3.15. The van der Waals surface area contributed by atoms with Gasteiger partial charge in [-0.2, -0.15) is 0 Å². The van der Waals surface area contributed by atoms with Crippen molar-refractivity contribution in [1.29, 1.82) is 0 Å². The van der Waals surface area contributed by atoms with Crippen molar-refractivity contribution in [2.24, 2.45) is 0 Å². The van der Waals surface area contributed by atoms with Crippen LogP contribution < -0.4 is 10.1 Å². The summed E-state index contributed by atoms with van der Waals surface area (Å²) < 4.78 is 10.4. The molecule has 0 spiro atoms. The third-order valence-corrected chi connectivity index (χ3v) is 3.68. The summed E-state index contributed by atoms with van der Waals surface area (Å²) in [5.74, 6) is 0.868. The summed E-state index contributed by atoms with van der Waals surface area (Å²) >= 11 is 0. The standard InChI is InChI=1S/C18H15N3O5/c1-25-16-7-5-12(6-8-16)17-10-14(20-26-17)11-19-18(22)13-3-2-4-15(9-13)21(23)24/h2-10H,11H2,1H3,(H,19,22). The monoisotopic (exact) mass is 353 g/mol. The molecule has 0 unspecified atom stereocenters. The van der Waals surface area contributed by atoms with Gasteiger partial charge in [-0.05, 0) is 30.3 Å². The van der Waals surface area contributed by atoms with Gasteiger partial charge in [0.1, 0.15) is 11.4 Å². The van der Waals surface area contributed by atoms with Gasteiger partial charge in [-0.1, -0.05) is 11.2 Å². The Labute approximate surface area is 148 Å². The molecule has 1 N–H and O–H groups in total. The van der Waals surface area contributed by atoms with E-state index in [1.165, 1.54) is 24.3 Å². The lowest BCUT2D eigenvalue weighted by atomic mass is 10.1. The molecule has 1 heterocycles. The number of nitrogens with zero attached hydrogens (tertiary/aromatic N) is 2. The highest BCUT2D eigenvalue weighted by Gasteiger charge is 2.13. The quantitative estimate of drug-likeness (QED) is 0.539. The minimum atomic E-state index is -0.546. The Kier molecular flexibility index (Phi) is 4.93. The van der Waals surface area contributed by atoms with Crippen LogP contribution in [0.3, 0.4) is 0 Å². The number of hydrogen-bond acceptors (Lipinski definition) is 6. The van der Waals surface area contributed by atoms with Crippen molar-refractivity contribution in [3.8, 4) is 17.1 Å². The number of nitro groups is 1. The fraction of sp³-hybridized carbons (Fsp3) is 0.111. The maximum absolute atomic E-state index is 12.1. The first-order valence-corrected chi connectivity index (χ1v) is 7.69. The van der Waals surface area contributed by atoms with Crippen molar-refractivity contribution >= 4 is 11.6 Å². The second kappa shape index (κ2) is 7.47. The summed E-state index contributed by atoms with van der Waals surface area (Å²) in [7, 11) is 1.59. The first-order valence-electron chi connectivity index (χ1n) is 7.69. The van der Waals surface area contributed by atoms with Crippen LogP contribution in [0.1, 0.15) is 16.1 Å². The van der Waals surface area contributed by atoms with Gasteiger partial charge in [-0.15, -0.1) is 0 Å². The van der Waals surface area contributed by atoms with Crippen LogP contribution >= 0.6 is 0 Å². The summed E-state index contributed by atoms with van der Waals surface area (Å²) in [5.41, 5.74) is 1.43. The molecule has 8 nitrogen and oxygen atoms in total. The number of rotatable bonds is 6. The van der Waals surface area contributed by atoms with Crippen LogP contribution in [0.5, 0.6) is 5.75 Å². The normalized spacial score (nSPS) is 10.3. The van der Waals surface area contributed by atoms with E-state index in [1.807, 2.05) is 24.3 Å². The number of ether oxygens (including phenoxy) is 1. The molecule has 0 aliphatic rings. The molecule has 2 aromatic carbocycles. The molecule has 0 aliphatic heterocycles. The summed E-state index contributed by atoms with van der Waals surface area (Å²) in [6.07, 6.45) is 0. The molecular formula is C18H15N3O5. The molecule has 26 heavy (non-hydrogen) atoms. The molecule has 0 saturated heterocycles. The maximum atomic E-state index is 12.1. The highest BCUT2D eigenvalue weighted by Crippen LogP contribution is 2.23. The van der Waals surface area contributed by atoms with Crippen molar-refractivity contribution in [2.45, 2.75) is 6.54 Å². The molecule has 3 rings (SSSR count). The highest BCUT2D eigenvalue weighted by atomic mass is 16.6. The zero-order valence-corrected chi connectivity index (χ0v) is 13.8. The molecule has 132 valence electrons. The Morgan fingerprint density at radius 2 is 2.00 bits per heavy atom. The third-order valence-electron chi connectivity index (χ3n) is 3.68. The van der Waals surface area contributed by atoms with Crippen molar-refractivity contribution < 1.29 is 19.0 Å². The van der Waals surface area contributed by atoms with Crippen molar-refractivity contribution in [2.75, 3.05) is 7.11 Å². The zero-order valence-electron chi connectivity index (χ0n) is 13.8. The molecule has 1 aromatic heterocycles. The number of methoxy groups -OCH3 is 1. The summed E-state index contributed by atoms with van der Waals surface area (Å²) in [4.78, 5) is 22.4. The van der Waals surface area contributed by atoms with Crippen LogP contribution in [0, 0.1) is 10.1 Å². The Bertz CT molecular complexity index is 934. The lowest BCUT2D eigenvalue weighted by Crippen LogP contribution is -2.22. The Hall–Kier alpha value is -3.68. The van der Waals surface area contributed by atoms with E-state index in [-0.39, 0.29) is 17.8 Å². The number of carbonyl (C=O) groups excluding carboxylic acids is 1. The van der Waals surface area contributed by atoms with Crippen LogP contribution in [-0.2, 0) is 6.54 Å².